The third-order valence-corrected chi connectivity index (χ3v) is 4.53. The van der Waals surface area contributed by atoms with Crippen LogP contribution >= 0.6 is 11.6 Å². The van der Waals surface area contributed by atoms with Crippen LogP contribution in [0.5, 0.6) is 11.5 Å². The Morgan fingerprint density at radius 1 is 1.03 bits per heavy atom. The van der Waals surface area contributed by atoms with E-state index in [0.29, 0.717) is 5.56 Å². The van der Waals surface area contributed by atoms with Gasteiger partial charge < -0.3 is 19.9 Å². The second kappa shape index (κ2) is 11.2. The van der Waals surface area contributed by atoms with Gasteiger partial charge in [0.2, 0.25) is 0 Å². The largest absolute Gasteiger partial charge is 0.493 e. The summed E-state index contributed by atoms with van der Waals surface area (Å²) in [6.45, 7) is 1.31. The quantitative estimate of drug-likeness (QED) is 0.429. The Balaban J connectivity index is 2.02. The Hall–Kier alpha value is -3.06. The fraction of sp³-hybridized carbons (Fsp3) is 0.318. The van der Waals surface area contributed by atoms with Crippen LogP contribution in [0, 0.1) is 0 Å². The second-order valence-corrected chi connectivity index (χ2v) is 6.95. The standard InChI is InChI=1S/C22H24ClNO6/c1-3-4-5-14-6-8-15(9-7-14)18(25)12-30-22(27)16-10-17(23)21(19(11-16)28-2)29-13-20(24)26/h6-11H,3-5,12-13H2,1-2H3,(H2,24,26). The number of hydrogen-bond acceptors (Lipinski definition) is 6. The van der Waals surface area contributed by atoms with Crippen molar-refractivity contribution in [1.29, 1.82) is 0 Å². The Morgan fingerprint density at radius 3 is 2.33 bits per heavy atom. The van der Waals surface area contributed by atoms with Gasteiger partial charge in [-0.25, -0.2) is 4.79 Å². The molecule has 160 valence electrons. The van der Waals surface area contributed by atoms with Crippen LogP contribution in [0.1, 0.15) is 46.0 Å². The number of Topliss-reactive ketones (excluding diaryl/α,β-unsaturated/α-hetero) is 1. The van der Waals surface area contributed by atoms with Crippen LogP contribution in [-0.4, -0.2) is 38.0 Å². The highest BCUT2D eigenvalue weighted by Crippen LogP contribution is 2.36. The molecule has 1 amide bonds. The molecule has 0 aliphatic rings. The van der Waals surface area contributed by atoms with Gasteiger partial charge in [-0.1, -0.05) is 49.2 Å². The van der Waals surface area contributed by atoms with Gasteiger partial charge in [0.1, 0.15) is 0 Å². The number of carbonyl (C=O) groups is 3. The molecule has 0 heterocycles. The molecule has 0 aliphatic heterocycles. The zero-order chi connectivity index (χ0) is 22.1. The van der Waals surface area contributed by atoms with Gasteiger partial charge in [-0.05, 0) is 30.5 Å². The van der Waals surface area contributed by atoms with Crippen molar-refractivity contribution in [3.8, 4) is 11.5 Å². The van der Waals surface area contributed by atoms with Gasteiger partial charge in [-0.2, -0.15) is 0 Å². The molecule has 2 N–H and O–H groups in total. The van der Waals surface area contributed by atoms with Gasteiger partial charge in [0.25, 0.3) is 5.91 Å². The van der Waals surface area contributed by atoms with E-state index in [2.05, 4.69) is 6.92 Å². The van der Waals surface area contributed by atoms with Crippen molar-refractivity contribution in [2.75, 3.05) is 20.3 Å². The number of carbonyl (C=O) groups excluding carboxylic acids is 3. The molecule has 0 radical (unpaired) electrons. The number of amides is 1. The summed E-state index contributed by atoms with van der Waals surface area (Å²) >= 11 is 6.12. The predicted molar refractivity (Wildman–Crippen MR) is 112 cm³/mol. The van der Waals surface area contributed by atoms with Gasteiger partial charge in [0.15, 0.2) is 30.5 Å². The monoisotopic (exact) mass is 433 g/mol. The van der Waals surface area contributed by atoms with Gasteiger partial charge in [-0.15, -0.1) is 0 Å². The van der Waals surface area contributed by atoms with E-state index >= 15 is 0 Å². The average Bonchev–Trinajstić information content (AvgIpc) is 2.74. The molecule has 0 spiro atoms. The van der Waals surface area contributed by atoms with Gasteiger partial charge in [0.05, 0.1) is 17.7 Å². The van der Waals surface area contributed by atoms with E-state index in [1.807, 2.05) is 12.1 Å². The van der Waals surface area contributed by atoms with E-state index in [1.165, 1.54) is 19.2 Å². The number of methoxy groups -OCH3 is 1. The third kappa shape index (κ3) is 6.49. The fourth-order valence-corrected chi connectivity index (χ4v) is 2.92. The highest BCUT2D eigenvalue weighted by molar-refractivity contribution is 6.32. The van der Waals surface area contributed by atoms with Crippen LogP contribution in [0.4, 0.5) is 0 Å². The lowest BCUT2D eigenvalue weighted by Gasteiger charge is -2.13. The van der Waals surface area contributed by atoms with E-state index < -0.39 is 25.1 Å². The molecule has 0 atom stereocenters. The molecule has 2 rings (SSSR count). The number of rotatable bonds is 11. The van der Waals surface area contributed by atoms with E-state index in [0.717, 1.165) is 24.8 Å². The lowest BCUT2D eigenvalue weighted by atomic mass is 10.0. The smallest absolute Gasteiger partial charge is 0.338 e. The van der Waals surface area contributed by atoms with E-state index in [-0.39, 0.29) is 27.9 Å². The maximum atomic E-state index is 12.3. The number of halogens is 1. The van der Waals surface area contributed by atoms with Crippen molar-refractivity contribution >= 4 is 29.3 Å². The first-order chi connectivity index (χ1) is 14.3. The highest BCUT2D eigenvalue weighted by Gasteiger charge is 2.18. The number of ether oxygens (including phenoxy) is 3. The molecule has 0 saturated heterocycles. The van der Waals surface area contributed by atoms with Crippen LogP contribution in [-0.2, 0) is 16.0 Å². The lowest BCUT2D eigenvalue weighted by molar-refractivity contribution is -0.119. The molecule has 2 aromatic rings. The Kier molecular flexibility index (Phi) is 8.68. The molecule has 0 aliphatic carbocycles. The summed E-state index contributed by atoms with van der Waals surface area (Å²) in [7, 11) is 1.35. The van der Waals surface area contributed by atoms with Gasteiger partial charge >= 0.3 is 5.97 Å². The molecule has 0 aromatic heterocycles. The van der Waals surface area contributed by atoms with Crippen molar-refractivity contribution in [1.82, 2.24) is 0 Å². The number of esters is 1. The summed E-state index contributed by atoms with van der Waals surface area (Å²) in [5, 5.41) is 0.0385. The molecule has 0 saturated carbocycles. The minimum Gasteiger partial charge on any atom is -0.493 e. The molecule has 0 unspecified atom stereocenters. The predicted octanol–water partition coefficient (Wildman–Crippen LogP) is 3.60. The van der Waals surface area contributed by atoms with Crippen LogP contribution in [0.2, 0.25) is 5.02 Å². The van der Waals surface area contributed by atoms with Crippen molar-refractivity contribution in [3.05, 3.63) is 58.1 Å². The summed E-state index contributed by atoms with van der Waals surface area (Å²) in [5.74, 6) is -1.54. The summed E-state index contributed by atoms with van der Waals surface area (Å²) in [4.78, 5) is 35.6. The van der Waals surface area contributed by atoms with Crippen LogP contribution in [0.3, 0.4) is 0 Å². The SMILES string of the molecule is CCCCc1ccc(C(=O)COC(=O)c2cc(Cl)c(OCC(N)=O)c(OC)c2)cc1. The zero-order valence-corrected chi connectivity index (χ0v) is 17.7. The second-order valence-electron chi connectivity index (χ2n) is 6.54. The van der Waals surface area contributed by atoms with E-state index in [9.17, 15) is 14.4 Å². The number of ketones is 1. The van der Waals surface area contributed by atoms with Gasteiger partial charge in [0, 0.05) is 5.56 Å². The maximum absolute atomic E-state index is 12.3. The van der Waals surface area contributed by atoms with Gasteiger partial charge in [-0.3, -0.25) is 9.59 Å². The summed E-state index contributed by atoms with van der Waals surface area (Å²) in [6.07, 6.45) is 3.15. The minimum atomic E-state index is -0.746. The van der Waals surface area contributed by atoms with Crippen LogP contribution in [0.25, 0.3) is 0 Å². The highest BCUT2D eigenvalue weighted by atomic mass is 35.5. The normalized spacial score (nSPS) is 10.4. The first-order valence-corrected chi connectivity index (χ1v) is 9.81. The zero-order valence-electron chi connectivity index (χ0n) is 16.9. The first kappa shape index (κ1) is 23.2. The molecule has 0 fully saturated rings. The average molecular weight is 434 g/mol. The summed E-state index contributed by atoms with van der Waals surface area (Å²) in [5.41, 5.74) is 6.75. The first-order valence-electron chi connectivity index (χ1n) is 9.43. The number of benzene rings is 2. The number of aryl methyl sites for hydroxylation is 1. The molecule has 0 bridgehead atoms. The lowest BCUT2D eigenvalue weighted by Crippen LogP contribution is -2.20. The molecule has 30 heavy (non-hydrogen) atoms. The van der Waals surface area contributed by atoms with Crippen molar-refractivity contribution in [2.45, 2.75) is 26.2 Å². The van der Waals surface area contributed by atoms with Crippen LogP contribution in [0.15, 0.2) is 36.4 Å². The van der Waals surface area contributed by atoms with Crippen LogP contribution < -0.4 is 15.2 Å². The minimum absolute atomic E-state index is 0.0385. The third-order valence-electron chi connectivity index (χ3n) is 4.25. The Labute approximate surface area is 180 Å². The molecular weight excluding hydrogens is 410 g/mol. The Morgan fingerprint density at radius 2 is 1.73 bits per heavy atom. The number of nitrogens with two attached hydrogens (primary N) is 1. The van der Waals surface area contributed by atoms with E-state index in [1.54, 1.807) is 12.1 Å². The van der Waals surface area contributed by atoms with Crippen molar-refractivity contribution in [2.24, 2.45) is 5.73 Å². The molecular formula is C22H24ClNO6. The molecule has 8 heteroatoms. The topological polar surface area (TPSA) is 105 Å². The van der Waals surface area contributed by atoms with Crippen molar-refractivity contribution < 1.29 is 28.6 Å². The Bertz CT molecular complexity index is 911. The summed E-state index contributed by atoms with van der Waals surface area (Å²) in [6, 6.07) is 9.91. The number of hydrogen-bond donors (Lipinski definition) is 1. The summed E-state index contributed by atoms with van der Waals surface area (Å²) < 4.78 is 15.5. The number of unbranched alkanes of at least 4 members (excludes halogenated alkanes) is 1. The maximum Gasteiger partial charge on any atom is 0.338 e. The fourth-order valence-electron chi connectivity index (χ4n) is 2.66. The van der Waals surface area contributed by atoms with E-state index in [4.69, 9.17) is 31.5 Å². The molecule has 2 aromatic carbocycles. The number of primary amides is 1. The van der Waals surface area contributed by atoms with Crippen molar-refractivity contribution in [3.63, 3.8) is 0 Å². The molecule has 7 nitrogen and oxygen atoms in total.